The predicted molar refractivity (Wildman–Crippen MR) is 131 cm³/mol. The van der Waals surface area contributed by atoms with Crippen molar-refractivity contribution in [3.8, 4) is 28.7 Å². The van der Waals surface area contributed by atoms with Crippen molar-refractivity contribution >= 4 is 11.9 Å². The van der Waals surface area contributed by atoms with E-state index >= 15 is 0 Å². The molecule has 0 atom stereocenters. The molecule has 2 aromatic carbocycles. The van der Waals surface area contributed by atoms with Crippen molar-refractivity contribution in [2.45, 2.75) is 24.9 Å². The quantitative estimate of drug-likeness (QED) is 0.281. The second kappa shape index (κ2) is 10.2. The van der Waals surface area contributed by atoms with Gasteiger partial charge in [-0.3, -0.25) is 0 Å². The van der Waals surface area contributed by atoms with E-state index < -0.39 is 29.8 Å². The molecule has 2 aromatic heterocycles. The molecular formula is C27H21F3N4O5. The first-order valence-electron chi connectivity index (χ1n) is 11.8. The number of methoxy groups -OCH3 is 2. The molecular weight excluding hydrogens is 517 g/mol. The number of rotatable bonds is 7. The van der Waals surface area contributed by atoms with Crippen LogP contribution in [-0.2, 0) is 15.7 Å². The molecule has 39 heavy (non-hydrogen) atoms. The molecule has 0 bridgehead atoms. The summed E-state index contributed by atoms with van der Waals surface area (Å²) >= 11 is 0. The molecule has 12 heteroatoms. The van der Waals surface area contributed by atoms with Crippen LogP contribution in [0.4, 0.5) is 13.2 Å². The van der Waals surface area contributed by atoms with E-state index in [1.165, 1.54) is 43.2 Å². The van der Waals surface area contributed by atoms with Gasteiger partial charge in [0.15, 0.2) is 11.4 Å². The Morgan fingerprint density at radius 2 is 1.59 bits per heavy atom. The Hall–Kier alpha value is -4.74. The molecule has 0 N–H and O–H groups in total. The SMILES string of the molecule is COC(=O)c1c(-c2ccc(Oc3nc(C4CC4)cc(C(F)(F)F)n3)cc2)nn(-c2ccccc2)c1C(=O)OC. The zero-order valence-corrected chi connectivity index (χ0v) is 20.7. The highest BCUT2D eigenvalue weighted by Gasteiger charge is 2.36. The van der Waals surface area contributed by atoms with Crippen molar-refractivity contribution in [2.24, 2.45) is 0 Å². The van der Waals surface area contributed by atoms with Gasteiger partial charge in [0.2, 0.25) is 0 Å². The van der Waals surface area contributed by atoms with Crippen LogP contribution in [0, 0.1) is 0 Å². The van der Waals surface area contributed by atoms with Gasteiger partial charge in [0.25, 0.3) is 0 Å². The molecule has 200 valence electrons. The van der Waals surface area contributed by atoms with E-state index in [1.807, 2.05) is 0 Å². The van der Waals surface area contributed by atoms with Crippen molar-refractivity contribution in [2.75, 3.05) is 14.2 Å². The first kappa shape index (κ1) is 25.9. The normalized spacial score (nSPS) is 13.2. The second-order valence-electron chi connectivity index (χ2n) is 8.66. The van der Waals surface area contributed by atoms with Crippen LogP contribution in [0.2, 0.25) is 0 Å². The van der Waals surface area contributed by atoms with Crippen molar-refractivity contribution in [1.29, 1.82) is 0 Å². The third kappa shape index (κ3) is 5.31. The van der Waals surface area contributed by atoms with Crippen LogP contribution in [0.5, 0.6) is 11.8 Å². The lowest BCUT2D eigenvalue weighted by Crippen LogP contribution is -2.15. The van der Waals surface area contributed by atoms with Crippen molar-refractivity contribution in [1.82, 2.24) is 19.7 Å². The molecule has 9 nitrogen and oxygen atoms in total. The van der Waals surface area contributed by atoms with Crippen molar-refractivity contribution < 1.29 is 37.0 Å². The summed E-state index contributed by atoms with van der Waals surface area (Å²) < 4.78 is 56.8. The fourth-order valence-corrected chi connectivity index (χ4v) is 3.97. The van der Waals surface area contributed by atoms with Gasteiger partial charge in [0.05, 0.1) is 25.6 Å². The number of carbonyl (C=O) groups excluding carboxylic acids is 2. The predicted octanol–water partition coefficient (Wildman–Crippen LogP) is 5.59. The minimum atomic E-state index is -4.65. The Morgan fingerprint density at radius 1 is 0.923 bits per heavy atom. The molecule has 1 saturated carbocycles. The lowest BCUT2D eigenvalue weighted by Gasteiger charge is -2.11. The van der Waals surface area contributed by atoms with Gasteiger partial charge in [0.1, 0.15) is 17.0 Å². The van der Waals surface area contributed by atoms with Crippen LogP contribution < -0.4 is 4.74 Å². The largest absolute Gasteiger partial charge is 0.465 e. The van der Waals surface area contributed by atoms with E-state index in [-0.39, 0.29) is 34.3 Å². The van der Waals surface area contributed by atoms with Crippen molar-refractivity contribution in [3.05, 3.63) is 83.3 Å². The van der Waals surface area contributed by atoms with Gasteiger partial charge in [-0.1, -0.05) is 18.2 Å². The van der Waals surface area contributed by atoms with E-state index in [1.54, 1.807) is 30.3 Å². The number of hydrogen-bond donors (Lipinski definition) is 0. The third-order valence-corrected chi connectivity index (χ3v) is 6.00. The smallest absolute Gasteiger partial charge is 0.433 e. The van der Waals surface area contributed by atoms with E-state index in [0.29, 0.717) is 11.3 Å². The molecule has 0 aliphatic heterocycles. The summed E-state index contributed by atoms with van der Waals surface area (Å²) in [7, 11) is 2.36. The highest BCUT2D eigenvalue weighted by atomic mass is 19.4. The number of aromatic nitrogens is 4. The fraction of sp³-hybridized carbons (Fsp3) is 0.222. The van der Waals surface area contributed by atoms with E-state index in [0.717, 1.165) is 18.9 Å². The standard InChI is InChI=1S/C27H21F3N4O5/c1-37-24(35)21-22(33-34(23(21)25(36)38-2)17-6-4-3-5-7-17)16-10-12-18(13-11-16)39-26-31-19(15-8-9-15)14-20(32-26)27(28,29)30/h3-7,10-15H,8-9H2,1-2H3. The van der Waals surface area contributed by atoms with Gasteiger partial charge in [0, 0.05) is 11.5 Å². The zero-order valence-electron chi connectivity index (χ0n) is 20.7. The van der Waals surface area contributed by atoms with Crippen LogP contribution in [0.25, 0.3) is 16.9 Å². The van der Waals surface area contributed by atoms with Gasteiger partial charge < -0.3 is 14.2 Å². The summed E-state index contributed by atoms with van der Waals surface area (Å²) in [5.41, 5.74) is 0.00891. The lowest BCUT2D eigenvalue weighted by atomic mass is 10.1. The van der Waals surface area contributed by atoms with Crippen molar-refractivity contribution in [3.63, 3.8) is 0 Å². The maximum Gasteiger partial charge on any atom is 0.433 e. The van der Waals surface area contributed by atoms with Gasteiger partial charge in [-0.15, -0.1) is 0 Å². The first-order valence-corrected chi connectivity index (χ1v) is 11.8. The Labute approximate surface area is 220 Å². The molecule has 0 saturated heterocycles. The van der Waals surface area contributed by atoms with E-state index in [2.05, 4.69) is 15.1 Å². The molecule has 2 heterocycles. The number of esters is 2. The summed E-state index contributed by atoms with van der Waals surface area (Å²) in [4.78, 5) is 33.2. The fourth-order valence-electron chi connectivity index (χ4n) is 3.97. The Kier molecular flexibility index (Phi) is 6.77. The number of nitrogens with zero attached hydrogens (tertiary/aromatic N) is 4. The number of benzene rings is 2. The average Bonchev–Trinajstić information content (AvgIpc) is 3.72. The number of halogens is 3. The average molecular weight is 538 g/mol. The van der Waals surface area contributed by atoms with Crippen LogP contribution in [-0.4, -0.2) is 45.9 Å². The number of hydrogen-bond acceptors (Lipinski definition) is 8. The Bertz CT molecular complexity index is 1530. The minimum Gasteiger partial charge on any atom is -0.465 e. The molecule has 0 radical (unpaired) electrons. The van der Waals surface area contributed by atoms with Crippen LogP contribution in [0.15, 0.2) is 60.7 Å². The number of para-hydroxylation sites is 1. The number of carbonyl (C=O) groups is 2. The molecule has 5 rings (SSSR count). The van der Waals surface area contributed by atoms with Gasteiger partial charge in [-0.25, -0.2) is 14.3 Å². The first-order chi connectivity index (χ1) is 18.7. The monoisotopic (exact) mass is 538 g/mol. The molecule has 0 unspecified atom stereocenters. The lowest BCUT2D eigenvalue weighted by molar-refractivity contribution is -0.141. The number of alkyl halides is 3. The van der Waals surface area contributed by atoms with Gasteiger partial charge in [-0.05, 0) is 55.3 Å². The molecule has 4 aromatic rings. The highest BCUT2D eigenvalue weighted by molar-refractivity contribution is 6.06. The summed E-state index contributed by atoms with van der Waals surface area (Å²) in [6, 6.07) is 15.2. The van der Waals surface area contributed by atoms with Crippen LogP contribution in [0.1, 0.15) is 51.0 Å². The third-order valence-electron chi connectivity index (χ3n) is 6.00. The van der Waals surface area contributed by atoms with E-state index in [4.69, 9.17) is 14.2 Å². The van der Waals surface area contributed by atoms with E-state index in [9.17, 15) is 22.8 Å². The number of ether oxygens (including phenoxy) is 3. The van der Waals surface area contributed by atoms with Gasteiger partial charge >= 0.3 is 24.1 Å². The maximum atomic E-state index is 13.4. The zero-order chi connectivity index (χ0) is 27.7. The minimum absolute atomic E-state index is 0.0423. The molecule has 1 fully saturated rings. The molecule has 1 aliphatic rings. The summed E-state index contributed by atoms with van der Waals surface area (Å²) in [5, 5.41) is 4.50. The topological polar surface area (TPSA) is 105 Å². The highest BCUT2D eigenvalue weighted by Crippen LogP contribution is 2.41. The molecule has 0 amide bonds. The summed E-state index contributed by atoms with van der Waals surface area (Å²) in [6.45, 7) is 0. The molecule has 1 aliphatic carbocycles. The molecule has 0 spiro atoms. The van der Waals surface area contributed by atoms with Crippen LogP contribution in [0.3, 0.4) is 0 Å². The summed E-state index contributed by atoms with van der Waals surface area (Å²) in [5.74, 6) is -1.49. The Morgan fingerprint density at radius 3 is 2.18 bits per heavy atom. The Balaban J connectivity index is 1.53. The maximum absolute atomic E-state index is 13.4. The van der Waals surface area contributed by atoms with Gasteiger partial charge in [-0.2, -0.15) is 28.2 Å². The summed E-state index contributed by atoms with van der Waals surface area (Å²) in [6.07, 6.45) is -3.13. The second-order valence-corrected chi connectivity index (χ2v) is 8.66. The van der Waals surface area contributed by atoms with Crippen LogP contribution >= 0.6 is 0 Å².